The number of amides is 3. The lowest BCUT2D eigenvalue weighted by molar-refractivity contribution is -0.121. The van der Waals surface area contributed by atoms with E-state index in [2.05, 4.69) is 39.5 Å². The first-order valence-electron chi connectivity index (χ1n) is 11.2. The molecule has 1 aromatic carbocycles. The van der Waals surface area contributed by atoms with Crippen LogP contribution in [-0.4, -0.2) is 67.8 Å². The van der Waals surface area contributed by atoms with Crippen LogP contribution >= 0.6 is 11.8 Å². The van der Waals surface area contributed by atoms with Gasteiger partial charge >= 0.3 is 0 Å². The van der Waals surface area contributed by atoms with Crippen molar-refractivity contribution < 1.29 is 14.4 Å². The van der Waals surface area contributed by atoms with Gasteiger partial charge in [-0.3, -0.25) is 19.3 Å². The Balaban J connectivity index is 1.40. The van der Waals surface area contributed by atoms with Crippen molar-refractivity contribution in [3.8, 4) is 0 Å². The number of rotatable bonds is 10. The standard InChI is InChI=1S/C23H27N7O3S/c1-4-34-23-27-19(25-11-14(2)3)17-12-26-30(20(17)28-23)10-9-24-18(31)13-29-21(32)15-7-5-6-8-16(15)22(29)33/h5-8,12,14H,4,9-11,13H2,1-3H3,(H,24,31)(H,25,27,28). The van der Waals surface area contributed by atoms with Crippen LogP contribution in [0.15, 0.2) is 35.6 Å². The van der Waals surface area contributed by atoms with Gasteiger partial charge in [0, 0.05) is 13.1 Å². The predicted molar refractivity (Wildman–Crippen MR) is 130 cm³/mol. The molecule has 3 aromatic rings. The fourth-order valence-electron chi connectivity index (χ4n) is 3.61. The Labute approximate surface area is 201 Å². The molecule has 0 saturated carbocycles. The number of hydrogen-bond acceptors (Lipinski definition) is 8. The van der Waals surface area contributed by atoms with Gasteiger partial charge in [0.2, 0.25) is 5.91 Å². The predicted octanol–water partition coefficient (Wildman–Crippen LogP) is 2.42. The van der Waals surface area contributed by atoms with E-state index < -0.39 is 17.7 Å². The summed E-state index contributed by atoms with van der Waals surface area (Å²) in [6.45, 7) is 7.40. The monoisotopic (exact) mass is 481 g/mol. The number of carbonyl (C=O) groups excluding carboxylic acids is 3. The van der Waals surface area contributed by atoms with E-state index in [0.717, 1.165) is 28.4 Å². The van der Waals surface area contributed by atoms with E-state index in [1.807, 2.05) is 6.92 Å². The number of aromatic nitrogens is 4. The van der Waals surface area contributed by atoms with Gasteiger partial charge in [0.05, 0.1) is 29.3 Å². The van der Waals surface area contributed by atoms with Gasteiger partial charge in [-0.25, -0.2) is 14.6 Å². The van der Waals surface area contributed by atoms with Crippen molar-refractivity contribution in [2.24, 2.45) is 5.92 Å². The summed E-state index contributed by atoms with van der Waals surface area (Å²) in [5.74, 6) is 0.732. The summed E-state index contributed by atoms with van der Waals surface area (Å²) in [5, 5.41) is 12.1. The zero-order valence-electron chi connectivity index (χ0n) is 19.4. The highest BCUT2D eigenvalue weighted by molar-refractivity contribution is 7.99. The summed E-state index contributed by atoms with van der Waals surface area (Å²) < 4.78 is 1.72. The van der Waals surface area contributed by atoms with Gasteiger partial charge in [0.15, 0.2) is 10.8 Å². The molecule has 11 heteroatoms. The van der Waals surface area contributed by atoms with E-state index in [4.69, 9.17) is 0 Å². The van der Waals surface area contributed by atoms with Crippen LogP contribution in [0.1, 0.15) is 41.5 Å². The molecule has 2 N–H and O–H groups in total. The van der Waals surface area contributed by atoms with Crippen LogP contribution in [0.3, 0.4) is 0 Å². The maximum Gasteiger partial charge on any atom is 0.262 e. The molecule has 4 rings (SSSR count). The minimum atomic E-state index is -0.451. The maximum absolute atomic E-state index is 12.5. The van der Waals surface area contributed by atoms with E-state index in [0.29, 0.717) is 34.4 Å². The summed E-state index contributed by atoms with van der Waals surface area (Å²) in [4.78, 5) is 47.6. The highest BCUT2D eigenvalue weighted by Gasteiger charge is 2.36. The fourth-order valence-corrected chi connectivity index (χ4v) is 4.18. The van der Waals surface area contributed by atoms with Gasteiger partial charge in [-0.15, -0.1) is 0 Å². The van der Waals surface area contributed by atoms with E-state index in [1.165, 1.54) is 0 Å². The van der Waals surface area contributed by atoms with Crippen molar-refractivity contribution in [1.29, 1.82) is 0 Å². The lowest BCUT2D eigenvalue weighted by Gasteiger charge is -2.14. The Morgan fingerprint density at radius 2 is 1.82 bits per heavy atom. The van der Waals surface area contributed by atoms with Crippen molar-refractivity contribution in [3.05, 3.63) is 41.6 Å². The number of anilines is 1. The number of nitrogens with zero attached hydrogens (tertiary/aromatic N) is 5. The van der Waals surface area contributed by atoms with Crippen molar-refractivity contribution in [3.63, 3.8) is 0 Å². The number of carbonyl (C=O) groups is 3. The average molecular weight is 482 g/mol. The molecule has 0 bridgehead atoms. The first-order chi connectivity index (χ1) is 16.4. The first kappa shape index (κ1) is 23.7. The molecule has 0 atom stereocenters. The molecule has 10 nitrogen and oxygen atoms in total. The fraction of sp³-hybridized carbons (Fsp3) is 0.391. The molecule has 3 amide bonds. The second kappa shape index (κ2) is 10.2. The van der Waals surface area contributed by atoms with Crippen molar-refractivity contribution >= 4 is 46.3 Å². The number of nitrogens with one attached hydrogen (secondary N) is 2. The number of benzene rings is 1. The molecule has 3 heterocycles. The van der Waals surface area contributed by atoms with E-state index in [9.17, 15) is 14.4 Å². The Kier molecular flexibility index (Phi) is 7.11. The topological polar surface area (TPSA) is 122 Å². The highest BCUT2D eigenvalue weighted by atomic mass is 32.2. The molecular weight excluding hydrogens is 454 g/mol. The largest absolute Gasteiger partial charge is 0.369 e. The van der Waals surface area contributed by atoms with Crippen LogP contribution in [-0.2, 0) is 11.3 Å². The average Bonchev–Trinajstić information content (AvgIpc) is 3.32. The van der Waals surface area contributed by atoms with Crippen LogP contribution in [0.5, 0.6) is 0 Å². The van der Waals surface area contributed by atoms with Crippen molar-refractivity contribution in [2.75, 3.05) is 30.7 Å². The SMILES string of the molecule is CCSc1nc(NCC(C)C)c2cnn(CCNC(=O)CN3C(=O)c4ccccc4C3=O)c2n1. The van der Waals surface area contributed by atoms with Gasteiger partial charge in [-0.1, -0.05) is 44.7 Å². The third kappa shape index (κ3) is 4.89. The highest BCUT2D eigenvalue weighted by Crippen LogP contribution is 2.25. The zero-order valence-corrected chi connectivity index (χ0v) is 20.2. The number of imide groups is 1. The quantitative estimate of drug-likeness (QED) is 0.257. The van der Waals surface area contributed by atoms with Gasteiger partial charge in [0.25, 0.3) is 11.8 Å². The van der Waals surface area contributed by atoms with Gasteiger partial charge < -0.3 is 10.6 Å². The Morgan fingerprint density at radius 1 is 1.12 bits per heavy atom. The molecule has 1 aliphatic heterocycles. The smallest absolute Gasteiger partial charge is 0.262 e. The summed E-state index contributed by atoms with van der Waals surface area (Å²) >= 11 is 1.55. The van der Waals surface area contributed by atoms with Crippen LogP contribution < -0.4 is 10.6 Å². The Bertz CT molecular complexity index is 1210. The summed E-state index contributed by atoms with van der Waals surface area (Å²) in [6.07, 6.45) is 1.72. The normalized spacial score (nSPS) is 13.1. The van der Waals surface area contributed by atoms with E-state index in [1.54, 1.807) is 46.9 Å². The molecule has 178 valence electrons. The minimum absolute atomic E-state index is 0.272. The summed E-state index contributed by atoms with van der Waals surface area (Å²) in [5.41, 5.74) is 1.34. The molecule has 0 radical (unpaired) electrons. The van der Waals surface area contributed by atoms with Gasteiger partial charge in [-0.2, -0.15) is 5.10 Å². The van der Waals surface area contributed by atoms with Crippen LogP contribution in [0.2, 0.25) is 0 Å². The van der Waals surface area contributed by atoms with Crippen LogP contribution in [0, 0.1) is 5.92 Å². The van der Waals surface area contributed by atoms with Crippen molar-refractivity contribution in [2.45, 2.75) is 32.5 Å². The molecular formula is C23H27N7O3S. The summed E-state index contributed by atoms with van der Waals surface area (Å²) in [7, 11) is 0. The zero-order chi connectivity index (χ0) is 24.2. The number of hydrogen-bond donors (Lipinski definition) is 2. The van der Waals surface area contributed by atoms with Crippen LogP contribution in [0.4, 0.5) is 5.82 Å². The Morgan fingerprint density at radius 3 is 2.47 bits per heavy atom. The Hall–Kier alpha value is -3.47. The second-order valence-corrected chi connectivity index (χ2v) is 9.49. The lowest BCUT2D eigenvalue weighted by atomic mass is 10.1. The number of fused-ring (bicyclic) bond motifs is 2. The molecule has 0 unspecified atom stereocenters. The number of thioether (sulfide) groups is 1. The molecule has 1 aliphatic rings. The molecule has 0 saturated heterocycles. The molecule has 34 heavy (non-hydrogen) atoms. The molecule has 0 aliphatic carbocycles. The molecule has 2 aromatic heterocycles. The van der Waals surface area contributed by atoms with Crippen LogP contribution in [0.25, 0.3) is 11.0 Å². The second-order valence-electron chi connectivity index (χ2n) is 8.26. The first-order valence-corrected chi connectivity index (χ1v) is 12.2. The third-order valence-corrected chi connectivity index (χ3v) is 5.98. The molecule has 0 fully saturated rings. The van der Waals surface area contributed by atoms with Gasteiger partial charge in [0.1, 0.15) is 12.4 Å². The summed E-state index contributed by atoms with van der Waals surface area (Å²) in [6, 6.07) is 6.57. The third-order valence-electron chi connectivity index (χ3n) is 5.25. The van der Waals surface area contributed by atoms with Gasteiger partial charge in [-0.05, 0) is 23.8 Å². The van der Waals surface area contributed by atoms with E-state index >= 15 is 0 Å². The van der Waals surface area contributed by atoms with Crippen molar-refractivity contribution in [1.82, 2.24) is 30.0 Å². The molecule has 0 spiro atoms. The minimum Gasteiger partial charge on any atom is -0.369 e. The maximum atomic E-state index is 12.5. The van der Waals surface area contributed by atoms with E-state index in [-0.39, 0.29) is 13.1 Å². The lowest BCUT2D eigenvalue weighted by Crippen LogP contribution is -2.41.